The minimum atomic E-state index is -1.60. The molecule has 2 heterocycles. The minimum absolute atomic E-state index is 0.106. The molecule has 0 spiro atoms. The maximum Gasteiger partial charge on any atom is 0.331 e. The molecule has 0 unspecified atom stereocenters. The molecule has 0 saturated carbocycles. The van der Waals surface area contributed by atoms with Crippen molar-refractivity contribution in [2.45, 2.75) is 48.6 Å². The van der Waals surface area contributed by atoms with E-state index >= 15 is 0 Å². The summed E-state index contributed by atoms with van der Waals surface area (Å²) >= 11 is 0. The fourth-order valence-corrected chi connectivity index (χ4v) is 6.96. The smallest absolute Gasteiger partial charge is 0.331 e. The second-order valence-corrected chi connectivity index (χ2v) is 11.9. The van der Waals surface area contributed by atoms with Crippen LogP contribution in [0, 0.1) is 0 Å². The molecule has 3 aromatic rings. The van der Waals surface area contributed by atoms with Crippen LogP contribution in [-0.4, -0.2) is 49.1 Å². The predicted molar refractivity (Wildman–Crippen MR) is 140 cm³/mol. The summed E-state index contributed by atoms with van der Waals surface area (Å²) in [6.45, 7) is 3.40. The zero-order valence-corrected chi connectivity index (χ0v) is 21.4. The lowest BCUT2D eigenvalue weighted by atomic mass is 9.95. The Labute approximate surface area is 218 Å². The number of hydrogen-bond acceptors (Lipinski definition) is 5. The molecule has 2 saturated heterocycles. The average Bonchev–Trinajstić information content (AvgIpc) is 3.10. The van der Waals surface area contributed by atoms with Crippen LogP contribution in [0.1, 0.15) is 36.6 Å². The van der Waals surface area contributed by atoms with Crippen LogP contribution < -0.4 is 5.32 Å². The van der Waals surface area contributed by atoms with Gasteiger partial charge in [0, 0.05) is 0 Å². The molecule has 2 aliphatic rings. The van der Waals surface area contributed by atoms with Gasteiger partial charge in [-0.15, -0.1) is 0 Å². The molecule has 8 heteroatoms. The quantitative estimate of drug-likeness (QED) is 0.385. The van der Waals surface area contributed by atoms with Crippen molar-refractivity contribution in [3.8, 4) is 0 Å². The second kappa shape index (κ2) is 9.94. The fraction of sp³-hybridized carbons (Fsp3) is 0.276. The molecule has 2 amide bonds. The molecule has 7 nitrogen and oxygen atoms in total. The van der Waals surface area contributed by atoms with Crippen molar-refractivity contribution in [2.24, 2.45) is 0 Å². The predicted octanol–water partition coefficient (Wildman–Crippen LogP) is 3.12. The number of hydrogen-bond donors (Lipinski definition) is 1. The highest BCUT2D eigenvalue weighted by molar-refractivity contribution is 7.87. The molecule has 1 N–H and O–H groups in total. The highest BCUT2D eigenvalue weighted by atomic mass is 32.2. The summed E-state index contributed by atoms with van der Waals surface area (Å²) in [6, 6.07) is 25.9. The fourth-order valence-electron chi connectivity index (χ4n) is 5.04. The van der Waals surface area contributed by atoms with Crippen molar-refractivity contribution in [3.05, 3.63) is 108 Å². The first-order valence-electron chi connectivity index (χ1n) is 12.2. The minimum Gasteiger partial charge on any atom is -0.451 e. The van der Waals surface area contributed by atoms with E-state index < -0.39 is 51.0 Å². The van der Waals surface area contributed by atoms with Gasteiger partial charge in [0.1, 0.15) is 17.5 Å². The lowest BCUT2D eigenvalue weighted by Crippen LogP contribution is -2.71. The maximum atomic E-state index is 13.6. The molecule has 190 valence electrons. The van der Waals surface area contributed by atoms with Crippen LogP contribution in [0.25, 0.3) is 0 Å². The van der Waals surface area contributed by atoms with Crippen molar-refractivity contribution in [1.29, 1.82) is 0 Å². The highest BCUT2D eigenvalue weighted by Crippen LogP contribution is 2.44. The molecule has 2 aliphatic heterocycles. The maximum absolute atomic E-state index is 13.6. The summed E-state index contributed by atoms with van der Waals surface area (Å²) in [6.07, 6.45) is -0.578. The third kappa shape index (κ3) is 4.57. The zero-order valence-electron chi connectivity index (χ0n) is 20.6. The van der Waals surface area contributed by atoms with Crippen LogP contribution >= 0.6 is 0 Å². The molecule has 0 aromatic heterocycles. The van der Waals surface area contributed by atoms with E-state index in [0.717, 1.165) is 16.7 Å². The molecule has 37 heavy (non-hydrogen) atoms. The van der Waals surface area contributed by atoms with Gasteiger partial charge in [0.2, 0.25) is 11.8 Å². The number of rotatable bonds is 7. The van der Waals surface area contributed by atoms with E-state index in [4.69, 9.17) is 4.74 Å². The Balaban J connectivity index is 1.35. The van der Waals surface area contributed by atoms with Gasteiger partial charge in [-0.2, -0.15) is 0 Å². The van der Waals surface area contributed by atoms with E-state index in [-0.39, 0.29) is 12.3 Å². The molecule has 0 aliphatic carbocycles. The Kier molecular flexibility index (Phi) is 6.69. The summed E-state index contributed by atoms with van der Waals surface area (Å²) in [5, 5.41) is 1.95. The molecule has 2 fully saturated rings. The zero-order chi connectivity index (χ0) is 26.2. The van der Waals surface area contributed by atoms with Crippen LogP contribution in [0.2, 0.25) is 0 Å². The van der Waals surface area contributed by atoms with Gasteiger partial charge >= 0.3 is 5.97 Å². The summed E-state index contributed by atoms with van der Waals surface area (Å²) < 4.78 is 18.5. The lowest BCUT2D eigenvalue weighted by molar-refractivity contribution is -0.166. The Hall–Kier alpha value is -3.78. The Morgan fingerprint density at radius 1 is 0.919 bits per heavy atom. The number of nitrogens with zero attached hydrogens (tertiary/aromatic N) is 1. The van der Waals surface area contributed by atoms with E-state index in [9.17, 15) is 18.6 Å². The summed E-state index contributed by atoms with van der Waals surface area (Å²) in [4.78, 5) is 40.8. The van der Waals surface area contributed by atoms with Gasteiger partial charge in [0.25, 0.3) is 0 Å². The van der Waals surface area contributed by atoms with Gasteiger partial charge in [-0.05, 0) is 30.5 Å². The number of benzene rings is 3. The number of β-lactam (4-membered cyclic amide) rings is 1. The van der Waals surface area contributed by atoms with Crippen LogP contribution in [0.15, 0.2) is 91.0 Å². The van der Waals surface area contributed by atoms with Gasteiger partial charge in [-0.25, -0.2) is 4.79 Å². The average molecular weight is 517 g/mol. The Morgan fingerprint density at radius 3 is 1.97 bits per heavy atom. The van der Waals surface area contributed by atoms with Gasteiger partial charge in [-0.3, -0.25) is 13.8 Å². The first-order valence-corrected chi connectivity index (χ1v) is 13.4. The van der Waals surface area contributed by atoms with E-state index in [1.807, 2.05) is 91.0 Å². The lowest BCUT2D eigenvalue weighted by Gasteiger charge is -2.43. The van der Waals surface area contributed by atoms with Crippen LogP contribution in [0.4, 0.5) is 0 Å². The number of carbonyl (C=O) groups is 3. The summed E-state index contributed by atoms with van der Waals surface area (Å²) in [5.41, 5.74) is 2.39. The number of amides is 2. The van der Waals surface area contributed by atoms with E-state index in [0.29, 0.717) is 0 Å². The van der Waals surface area contributed by atoms with Crippen LogP contribution in [-0.2, 0) is 36.3 Å². The molecular weight excluding hydrogens is 488 g/mol. The third-order valence-corrected chi connectivity index (χ3v) is 9.14. The largest absolute Gasteiger partial charge is 0.451 e. The highest BCUT2D eigenvalue weighted by Gasteiger charge is 2.68. The van der Waals surface area contributed by atoms with E-state index in [2.05, 4.69) is 5.32 Å². The van der Waals surface area contributed by atoms with Crippen molar-refractivity contribution in [1.82, 2.24) is 10.2 Å². The Bertz CT molecular complexity index is 1290. The normalized spacial score (nSPS) is 23.8. The van der Waals surface area contributed by atoms with Gasteiger partial charge in [0.05, 0.1) is 22.0 Å². The van der Waals surface area contributed by atoms with Crippen molar-refractivity contribution >= 4 is 28.6 Å². The number of carbonyl (C=O) groups excluding carboxylic acids is 3. The van der Waals surface area contributed by atoms with Crippen LogP contribution in [0.5, 0.6) is 0 Å². The SMILES string of the molecule is CC1(C)[C@H](C(=O)OC(c2ccccc2)c2ccccc2)N2C(=O)[C@H](NC(=O)Cc3ccccc3)[C@H]2[S@]1=O. The molecule has 5 rings (SSSR count). The van der Waals surface area contributed by atoms with Gasteiger partial charge in [0.15, 0.2) is 6.10 Å². The first kappa shape index (κ1) is 24.9. The molecule has 3 aromatic carbocycles. The summed E-state index contributed by atoms with van der Waals surface area (Å²) in [5.74, 6) is -1.39. The molecule has 4 atom stereocenters. The van der Waals surface area contributed by atoms with Crippen molar-refractivity contribution < 1.29 is 23.3 Å². The molecule has 0 radical (unpaired) electrons. The molecule has 0 bridgehead atoms. The summed E-state index contributed by atoms with van der Waals surface area (Å²) in [7, 11) is -1.60. The number of ether oxygens (including phenoxy) is 1. The monoisotopic (exact) mass is 516 g/mol. The van der Waals surface area contributed by atoms with Gasteiger partial charge < -0.3 is 15.0 Å². The third-order valence-electron chi connectivity index (χ3n) is 6.94. The van der Waals surface area contributed by atoms with Crippen molar-refractivity contribution in [2.75, 3.05) is 0 Å². The number of fused-ring (bicyclic) bond motifs is 1. The van der Waals surface area contributed by atoms with E-state index in [1.54, 1.807) is 13.8 Å². The topological polar surface area (TPSA) is 92.8 Å². The van der Waals surface area contributed by atoms with E-state index in [1.165, 1.54) is 4.90 Å². The first-order chi connectivity index (χ1) is 17.8. The number of nitrogens with one attached hydrogen (secondary N) is 1. The van der Waals surface area contributed by atoms with Crippen molar-refractivity contribution in [3.63, 3.8) is 0 Å². The number of esters is 1. The Morgan fingerprint density at radius 2 is 1.43 bits per heavy atom. The second-order valence-electron chi connectivity index (χ2n) is 9.79. The molecular formula is C29H28N2O5S. The van der Waals surface area contributed by atoms with Crippen LogP contribution in [0.3, 0.4) is 0 Å². The standard InChI is InChI=1S/C29H28N2O5S/c1-29(2)25(28(34)36-24(20-14-8-4-9-15-20)21-16-10-5-11-17-21)31-26(33)23(27(31)37(29)35)30-22(32)18-19-12-6-3-7-13-19/h3-17,23-25,27H,18H2,1-2H3,(H,30,32)/t23-,25-,27+,37+/m0/s1. The van der Waals surface area contributed by atoms with Gasteiger partial charge in [-0.1, -0.05) is 91.0 Å².